The van der Waals surface area contributed by atoms with Crippen LogP contribution in [0.25, 0.3) is 44.9 Å². The minimum atomic E-state index is -1.29. The number of carboxylic acid groups (broad SMARTS) is 1. The molecular weight excluding hydrogens is 1360 g/mol. The predicted molar refractivity (Wildman–Crippen MR) is 412 cm³/mol. The van der Waals surface area contributed by atoms with E-state index in [2.05, 4.69) is 111 Å². The van der Waals surface area contributed by atoms with Crippen LogP contribution >= 0.6 is 0 Å². The largest absolute Gasteiger partial charge is 0.479 e. The van der Waals surface area contributed by atoms with Crippen molar-refractivity contribution in [2.45, 2.75) is 177 Å². The molecule has 2 aliphatic carbocycles. The number of methoxy groups -OCH3 is 2. The summed E-state index contributed by atoms with van der Waals surface area (Å²) in [4.78, 5) is 39.9. The molecule has 0 atom stereocenters. The topological polar surface area (TPSA) is 257 Å². The van der Waals surface area contributed by atoms with Crippen LogP contribution in [0, 0.1) is 0 Å². The Morgan fingerprint density at radius 2 is 0.833 bits per heavy atom. The number of primary amides is 1. The summed E-state index contributed by atoms with van der Waals surface area (Å²) in [5.74, 6) is 0.442. The van der Waals surface area contributed by atoms with Crippen molar-refractivity contribution in [3.63, 3.8) is 0 Å². The van der Waals surface area contributed by atoms with E-state index < -0.39 is 55.4 Å². The Kier molecular flexibility index (Phi) is 27.8. The van der Waals surface area contributed by atoms with E-state index in [1.54, 1.807) is 14.2 Å². The van der Waals surface area contributed by atoms with Crippen LogP contribution in [-0.2, 0) is 47.5 Å². The monoisotopic (exact) mass is 1470 g/mol. The predicted octanol–water partition coefficient (Wildman–Crippen LogP) is 13.7. The molecule has 6 aromatic heterocycles. The van der Waals surface area contributed by atoms with Gasteiger partial charge < -0.3 is 58.5 Å². The molecule has 8 aromatic rings. The number of hydrogen-bond donors (Lipinski definition) is 2. The first-order valence-electron chi connectivity index (χ1n) is 36.2. The van der Waals surface area contributed by atoms with E-state index in [-0.39, 0.29) is 18.4 Å². The number of amides is 1. The van der Waals surface area contributed by atoms with Crippen LogP contribution < -0.4 is 15.5 Å². The highest BCUT2D eigenvalue weighted by atomic mass is 28.3. The molecule has 3 N–H and O–H groups in total. The average molecular weight is 1470 g/mol. The van der Waals surface area contributed by atoms with Gasteiger partial charge in [0.2, 0.25) is 5.91 Å². The third-order valence-corrected chi connectivity index (χ3v) is 25.8. The molecule has 24 nitrogen and oxygen atoms in total. The maximum absolute atomic E-state index is 12.7. The van der Waals surface area contributed by atoms with Crippen LogP contribution in [0.2, 0.25) is 103 Å². The molecule has 2 saturated carbocycles. The first-order chi connectivity index (χ1) is 48.6. The number of carbonyl (C=O) groups is 2. The summed E-state index contributed by atoms with van der Waals surface area (Å²) >= 11 is 0. The van der Waals surface area contributed by atoms with Gasteiger partial charge in [-0.1, -0.05) is 115 Å². The molecule has 2 aromatic carbocycles. The van der Waals surface area contributed by atoms with Gasteiger partial charge in [0.1, 0.15) is 44.2 Å². The molecule has 0 saturated heterocycles. The number of anilines is 2. The summed E-state index contributed by atoms with van der Waals surface area (Å²) in [5.41, 5.74) is 12.4. The molecular formula is C74H113N13O11Si4. The van der Waals surface area contributed by atoms with Crippen molar-refractivity contribution in [3.05, 3.63) is 121 Å². The zero-order chi connectivity index (χ0) is 73.3. The number of carboxylic acids is 1. The van der Waals surface area contributed by atoms with Gasteiger partial charge in [0, 0.05) is 143 Å². The van der Waals surface area contributed by atoms with Crippen molar-refractivity contribution in [3.8, 4) is 33.6 Å². The highest BCUT2D eigenvalue weighted by Crippen LogP contribution is 2.43. The lowest BCUT2D eigenvalue weighted by atomic mass is 9.77. The lowest BCUT2D eigenvalue weighted by Gasteiger charge is -2.37. The number of nitrogens with zero attached hydrogens (tertiary/aromatic N) is 12. The minimum Gasteiger partial charge on any atom is -0.479 e. The summed E-state index contributed by atoms with van der Waals surface area (Å²) in [6.07, 6.45) is 15.9. The number of para-hydroxylation sites is 2. The number of fused-ring (bicyclic) bond motifs is 2. The zero-order valence-corrected chi connectivity index (χ0v) is 67.0. The number of rotatable bonds is 38. The van der Waals surface area contributed by atoms with Gasteiger partial charge in [0.05, 0.1) is 62.6 Å². The number of carbonyl (C=O) groups excluding carboxylic acids is 1. The van der Waals surface area contributed by atoms with Crippen LogP contribution in [0.4, 0.5) is 11.6 Å². The Bertz CT molecular complexity index is 3630. The van der Waals surface area contributed by atoms with E-state index in [4.69, 9.17) is 63.8 Å². The van der Waals surface area contributed by atoms with Crippen LogP contribution in [-0.4, -0.2) is 203 Å². The molecule has 556 valence electrons. The summed E-state index contributed by atoms with van der Waals surface area (Å²) in [6, 6.07) is 28.5. The summed E-state index contributed by atoms with van der Waals surface area (Å²) in [5, 5.41) is 29.3. The molecule has 0 unspecified atom stereocenters. The van der Waals surface area contributed by atoms with Crippen LogP contribution in [0.5, 0.6) is 0 Å². The Hall–Kier alpha value is -6.81. The molecule has 0 radical (unpaired) electrons. The van der Waals surface area contributed by atoms with Gasteiger partial charge in [-0.05, 0) is 99.8 Å². The van der Waals surface area contributed by atoms with Gasteiger partial charge in [-0.3, -0.25) is 4.79 Å². The van der Waals surface area contributed by atoms with Crippen molar-refractivity contribution in [1.29, 1.82) is 0 Å². The zero-order valence-electron chi connectivity index (χ0n) is 63.0. The lowest BCUT2D eigenvalue weighted by Crippen LogP contribution is -2.49. The number of aromatic nitrogens is 10. The molecule has 1 amide bonds. The molecule has 2 fully saturated rings. The molecule has 102 heavy (non-hydrogen) atoms. The number of nitrogens with two attached hydrogens (primary N) is 1. The number of aliphatic carboxylic acids is 1. The van der Waals surface area contributed by atoms with Gasteiger partial charge in [0.25, 0.3) is 0 Å². The quantitative estimate of drug-likeness (QED) is 0.0207. The third kappa shape index (κ3) is 22.1. The Balaban J connectivity index is 0.000000237. The fourth-order valence-corrected chi connectivity index (χ4v) is 15.4. The van der Waals surface area contributed by atoms with Crippen molar-refractivity contribution in [2.75, 3.05) is 104 Å². The summed E-state index contributed by atoms with van der Waals surface area (Å²) < 4.78 is 55.1. The highest BCUT2D eigenvalue weighted by molar-refractivity contribution is 6.77. The van der Waals surface area contributed by atoms with Crippen LogP contribution in [0.15, 0.2) is 110 Å². The summed E-state index contributed by atoms with van der Waals surface area (Å²) in [7, 11) is -1.93. The smallest absolute Gasteiger partial charge is 0.335 e. The Morgan fingerprint density at radius 3 is 1.16 bits per heavy atom. The molecule has 6 heterocycles. The minimum absolute atomic E-state index is 0.0320. The second-order valence-electron chi connectivity index (χ2n) is 32.0. The second-order valence-corrected chi connectivity index (χ2v) is 54.5. The second kappa shape index (κ2) is 35.8. The Labute approximate surface area is 606 Å². The van der Waals surface area contributed by atoms with Gasteiger partial charge >= 0.3 is 5.97 Å². The maximum atomic E-state index is 12.7. The highest BCUT2D eigenvalue weighted by Gasteiger charge is 2.45. The molecule has 28 heteroatoms. The number of hydrogen-bond acceptors (Lipinski definition) is 18. The molecule has 2 aliphatic rings. The standard InChI is InChI=1S/C37H57N7O5Si2.C37H56N6O6Si2/c1-46-17-18-49-37(36(38)45)15-13-29(14-16-37)33-23-34(42(27-47-19-21-50(2,3)4)28-48-20-22-51(5,6)7)44-35(41-33)32(25-40-44)30-24-39-43(26-30)31-11-9-8-10-12-31;1-46-17-18-49-37(36(44)45)15-13-29(14-16-37)33-23-34(41(27-47-19-21-50(2,3)4)28-48-20-22-51(5,6)7)43-35(40-33)32(25-39-43)30-24-38-42(26-30)31-11-9-8-10-12-31/h8-12,23-26,29H,13-22,27-28H2,1-7H3,(H2,38,45);8-12,23-26,29H,13-22,27-28H2,1-7H3,(H,44,45). The van der Waals surface area contributed by atoms with E-state index in [1.165, 1.54) is 0 Å². The normalized spacial score (nSPS) is 18.4. The van der Waals surface area contributed by atoms with E-state index in [0.717, 1.165) is 86.5 Å². The molecule has 0 spiro atoms. The fourth-order valence-electron chi connectivity index (χ4n) is 12.4. The van der Waals surface area contributed by atoms with E-state index in [1.807, 2.05) is 116 Å². The molecule has 10 rings (SSSR count). The van der Waals surface area contributed by atoms with Gasteiger partial charge in [-0.25, -0.2) is 24.1 Å². The lowest BCUT2D eigenvalue weighted by molar-refractivity contribution is -0.173. The van der Waals surface area contributed by atoms with Gasteiger partial charge in [-0.2, -0.15) is 29.4 Å². The van der Waals surface area contributed by atoms with Crippen molar-refractivity contribution < 1.29 is 52.6 Å². The van der Waals surface area contributed by atoms with Crippen LogP contribution in [0.3, 0.4) is 0 Å². The van der Waals surface area contributed by atoms with Crippen molar-refractivity contribution in [1.82, 2.24) is 48.8 Å². The molecule has 0 aliphatic heterocycles. The van der Waals surface area contributed by atoms with Gasteiger partial charge in [0.15, 0.2) is 16.9 Å². The average Bonchev–Trinajstić information content (AvgIpc) is 1.58. The number of ether oxygens (including phenoxy) is 8. The van der Waals surface area contributed by atoms with Crippen molar-refractivity contribution in [2.24, 2.45) is 5.73 Å². The van der Waals surface area contributed by atoms with E-state index in [0.29, 0.717) is 130 Å². The van der Waals surface area contributed by atoms with Crippen LogP contribution in [0.1, 0.15) is 74.6 Å². The van der Waals surface area contributed by atoms with Gasteiger partial charge in [-0.15, -0.1) is 0 Å². The number of benzene rings is 2. The summed E-state index contributed by atoms with van der Waals surface area (Å²) in [6.45, 7) is 33.7. The molecule has 0 bridgehead atoms. The first-order valence-corrected chi connectivity index (χ1v) is 51.0. The fraction of sp³-hybridized carbons (Fsp3) is 0.568. The maximum Gasteiger partial charge on any atom is 0.335 e. The third-order valence-electron chi connectivity index (χ3n) is 19.0. The van der Waals surface area contributed by atoms with E-state index >= 15 is 0 Å². The van der Waals surface area contributed by atoms with E-state index in [9.17, 15) is 14.7 Å². The SMILES string of the molecule is COCCOC1(C(=O)O)CCC(c2cc(N(COCC[Si](C)(C)C)COCC[Si](C)(C)C)n3ncc(-c4cnn(-c5ccccc5)c4)c3n2)CC1.COCCOC1(C(N)=O)CCC(c2cc(N(COCC[Si](C)(C)C)COCC[Si](C)(C)C)n3ncc(-c4cnn(-c5ccccc5)c4)c3n2)CC1. The first kappa shape index (κ1) is 79.3. The Morgan fingerprint density at radius 1 is 0.490 bits per heavy atom. The van der Waals surface area contributed by atoms with Crippen molar-refractivity contribution >= 4 is 67.1 Å².